The molecule has 1 heterocycles. The molecule has 0 saturated carbocycles. The Morgan fingerprint density at radius 3 is 2.56 bits per heavy atom. The zero-order valence-electron chi connectivity index (χ0n) is 16.9. The molecule has 0 aromatic heterocycles. The van der Waals surface area contributed by atoms with Crippen molar-refractivity contribution in [2.45, 2.75) is 18.1 Å². The molecule has 3 unspecified atom stereocenters. The third kappa shape index (κ3) is 5.42. The van der Waals surface area contributed by atoms with E-state index < -0.39 is 57.4 Å². The fourth-order valence-corrected chi connectivity index (χ4v) is 3.50. The van der Waals surface area contributed by atoms with Crippen LogP contribution in [-0.4, -0.2) is 59.7 Å². The Hall–Kier alpha value is -3.02. The lowest BCUT2D eigenvalue weighted by Crippen LogP contribution is -2.50. The zero-order valence-corrected chi connectivity index (χ0v) is 17.8. The molecule has 32 heavy (non-hydrogen) atoms. The van der Waals surface area contributed by atoms with Gasteiger partial charge in [-0.1, -0.05) is 18.7 Å². The fourth-order valence-electron chi connectivity index (χ4n) is 3.23. The second-order valence-corrected chi connectivity index (χ2v) is 7.28. The number of carbonyl (C=O) groups excluding carboxylic acids is 3. The second kappa shape index (κ2) is 11.0. The van der Waals surface area contributed by atoms with Crippen molar-refractivity contribution in [1.29, 1.82) is 0 Å². The Labute approximate surface area is 188 Å². The number of thiocarbonyl (C=S) groups is 1. The van der Waals surface area contributed by atoms with Crippen molar-refractivity contribution in [3.05, 3.63) is 54.6 Å². The fraction of sp³-hybridized carbons (Fsp3) is 0.333. The number of carbonyl (C=O) groups is 3. The molecule has 1 aliphatic rings. The van der Waals surface area contributed by atoms with Crippen LogP contribution in [0.1, 0.15) is 16.8 Å². The van der Waals surface area contributed by atoms with Gasteiger partial charge in [0.25, 0.3) is 0 Å². The van der Waals surface area contributed by atoms with Crippen LogP contribution < -0.4 is 10.6 Å². The number of rotatable bonds is 11. The summed E-state index contributed by atoms with van der Waals surface area (Å²) in [7, 11) is 0. The minimum Gasteiger partial charge on any atom is -0.500 e. The number of amides is 1. The summed E-state index contributed by atoms with van der Waals surface area (Å²) >= 11 is 4.79. The number of benzene rings is 1. The first kappa shape index (κ1) is 25.2. The number of ether oxygens (including phenoxy) is 2. The molecule has 3 atom stereocenters. The average molecular weight is 468 g/mol. The lowest BCUT2D eigenvalue weighted by atomic mass is 9.86. The minimum atomic E-state index is -1.82. The molecule has 8 nitrogen and oxygen atoms in total. The second-order valence-electron chi connectivity index (χ2n) is 6.90. The summed E-state index contributed by atoms with van der Waals surface area (Å²) in [5.41, 5.74) is -2.83. The van der Waals surface area contributed by atoms with Gasteiger partial charge in [-0.3, -0.25) is 9.59 Å². The number of nitrogens with one attached hydrogen (secondary N) is 2. The molecule has 11 heteroatoms. The quantitative estimate of drug-likeness (QED) is 0.196. The van der Waals surface area contributed by atoms with Crippen LogP contribution in [0.15, 0.2) is 37.4 Å². The van der Waals surface area contributed by atoms with Gasteiger partial charge < -0.3 is 25.2 Å². The monoisotopic (exact) mass is 468 g/mol. The Morgan fingerprint density at radius 2 is 1.97 bits per heavy atom. The van der Waals surface area contributed by atoms with E-state index in [2.05, 4.69) is 23.8 Å². The first-order chi connectivity index (χ1) is 15.2. The predicted octanol–water partition coefficient (Wildman–Crippen LogP) is 2.25. The number of aliphatic hydroxyl groups is 1. The highest BCUT2D eigenvalue weighted by molar-refractivity contribution is 7.80. The third-order valence-corrected chi connectivity index (χ3v) is 5.19. The van der Waals surface area contributed by atoms with E-state index in [1.54, 1.807) is 0 Å². The number of hydrogen-bond acceptors (Lipinski definition) is 7. The molecular formula is C21H22F2N2O6S. The maximum atomic E-state index is 14.2. The molecular weight excluding hydrogens is 446 g/mol. The predicted molar refractivity (Wildman–Crippen MR) is 116 cm³/mol. The van der Waals surface area contributed by atoms with Crippen molar-refractivity contribution in [3.8, 4) is 0 Å². The molecule has 172 valence electrons. The van der Waals surface area contributed by atoms with Crippen molar-refractivity contribution in [3.63, 3.8) is 0 Å². The van der Waals surface area contributed by atoms with E-state index in [0.717, 1.165) is 6.07 Å². The number of hydrogen-bond donors (Lipinski definition) is 3. The third-order valence-electron chi connectivity index (χ3n) is 4.87. The number of aldehydes is 1. The van der Waals surface area contributed by atoms with E-state index in [0.29, 0.717) is 12.4 Å². The SMILES string of the molecule is C=CCOC(=O)c1cc(NC(=O)C2CC(C(C=O)(OCC=C)C(O)=S)CN2)c(F)cc1F. The standard InChI is InChI=1S/C21H22F2N2O6S/c1-3-5-30-19(28)13-8-16(15(23)9-14(13)22)25-18(27)17-7-12(10-24-17)21(11-26,20(29)32)31-6-4-2/h3-4,8-9,11-12,17,24H,1-2,5-7,10H2,(H,25,27)(H,29,32). The van der Waals surface area contributed by atoms with Gasteiger partial charge in [-0.2, -0.15) is 0 Å². The maximum Gasteiger partial charge on any atom is 0.341 e. The minimum absolute atomic E-state index is 0.0134. The van der Waals surface area contributed by atoms with Gasteiger partial charge in [0.2, 0.25) is 5.91 Å². The Bertz CT molecular complexity index is 941. The molecule has 0 spiro atoms. The molecule has 1 aromatic carbocycles. The van der Waals surface area contributed by atoms with Crippen molar-refractivity contribution in [2.24, 2.45) is 5.92 Å². The van der Waals surface area contributed by atoms with Crippen LogP contribution in [0.2, 0.25) is 0 Å². The van der Waals surface area contributed by atoms with Gasteiger partial charge in [0, 0.05) is 18.5 Å². The number of anilines is 1. The number of esters is 1. The molecule has 0 aliphatic carbocycles. The van der Waals surface area contributed by atoms with Crippen LogP contribution in [0.25, 0.3) is 0 Å². The average Bonchev–Trinajstić information content (AvgIpc) is 3.25. The first-order valence-corrected chi connectivity index (χ1v) is 9.86. The van der Waals surface area contributed by atoms with Gasteiger partial charge in [0.1, 0.15) is 18.2 Å². The van der Waals surface area contributed by atoms with Crippen molar-refractivity contribution in [1.82, 2.24) is 5.32 Å². The molecule has 1 fully saturated rings. The van der Waals surface area contributed by atoms with Gasteiger partial charge in [-0.25, -0.2) is 13.6 Å². The van der Waals surface area contributed by atoms with Gasteiger partial charge in [0.05, 0.1) is 23.9 Å². The molecule has 0 bridgehead atoms. The number of aliphatic hydroxyl groups excluding tert-OH is 1. The van der Waals surface area contributed by atoms with E-state index >= 15 is 0 Å². The molecule has 1 aliphatic heterocycles. The van der Waals surface area contributed by atoms with Gasteiger partial charge in [-0.15, -0.1) is 6.58 Å². The highest BCUT2D eigenvalue weighted by atomic mass is 32.1. The maximum absolute atomic E-state index is 14.2. The lowest BCUT2D eigenvalue weighted by Gasteiger charge is -2.31. The van der Waals surface area contributed by atoms with Gasteiger partial charge >= 0.3 is 5.97 Å². The first-order valence-electron chi connectivity index (χ1n) is 9.46. The van der Waals surface area contributed by atoms with Crippen LogP contribution in [0.4, 0.5) is 14.5 Å². The van der Waals surface area contributed by atoms with Crippen LogP contribution in [0.5, 0.6) is 0 Å². The van der Waals surface area contributed by atoms with Crippen LogP contribution in [0, 0.1) is 17.6 Å². The molecule has 2 rings (SSSR count). The molecule has 3 N–H and O–H groups in total. The summed E-state index contributed by atoms with van der Waals surface area (Å²) in [6.45, 7) is 6.68. The van der Waals surface area contributed by atoms with Crippen LogP contribution in [0.3, 0.4) is 0 Å². The van der Waals surface area contributed by atoms with Crippen molar-refractivity contribution in [2.75, 3.05) is 25.1 Å². The molecule has 0 radical (unpaired) electrons. The van der Waals surface area contributed by atoms with Crippen LogP contribution in [-0.2, 0) is 19.1 Å². The van der Waals surface area contributed by atoms with E-state index in [1.165, 1.54) is 12.2 Å². The van der Waals surface area contributed by atoms with Crippen molar-refractivity contribution >= 4 is 41.1 Å². The van der Waals surface area contributed by atoms with E-state index in [1.807, 2.05) is 0 Å². The van der Waals surface area contributed by atoms with Crippen LogP contribution >= 0.6 is 12.2 Å². The highest BCUT2D eigenvalue weighted by Crippen LogP contribution is 2.30. The largest absolute Gasteiger partial charge is 0.500 e. The summed E-state index contributed by atoms with van der Waals surface area (Å²) in [6.07, 6.45) is 3.03. The lowest BCUT2D eigenvalue weighted by molar-refractivity contribution is -0.128. The Kier molecular flexibility index (Phi) is 8.70. The normalized spacial score (nSPS) is 19.4. The molecule has 1 amide bonds. The van der Waals surface area contributed by atoms with E-state index in [4.69, 9.17) is 21.7 Å². The molecule has 1 saturated heterocycles. The highest BCUT2D eigenvalue weighted by Gasteiger charge is 2.49. The Balaban J connectivity index is 2.17. The summed E-state index contributed by atoms with van der Waals surface area (Å²) in [5.74, 6) is -4.71. The van der Waals surface area contributed by atoms with E-state index in [-0.39, 0.29) is 26.2 Å². The summed E-state index contributed by atoms with van der Waals surface area (Å²) < 4.78 is 38.3. The summed E-state index contributed by atoms with van der Waals surface area (Å²) in [6, 6.07) is 0.365. The van der Waals surface area contributed by atoms with Gasteiger partial charge in [-0.05, 0) is 24.7 Å². The summed E-state index contributed by atoms with van der Waals surface area (Å²) in [5, 5.41) is 14.3. The number of halogens is 2. The van der Waals surface area contributed by atoms with Gasteiger partial charge in [0.15, 0.2) is 16.9 Å². The van der Waals surface area contributed by atoms with E-state index in [9.17, 15) is 28.3 Å². The topological polar surface area (TPSA) is 114 Å². The smallest absolute Gasteiger partial charge is 0.341 e. The molecule has 1 aromatic rings. The summed E-state index contributed by atoms with van der Waals surface area (Å²) in [4.78, 5) is 36.3. The zero-order chi connectivity index (χ0) is 23.9. The Morgan fingerprint density at radius 1 is 1.28 bits per heavy atom. The van der Waals surface area contributed by atoms with Crippen molar-refractivity contribution < 1.29 is 37.7 Å².